The lowest BCUT2D eigenvalue weighted by Gasteiger charge is -1.97. The Morgan fingerprint density at radius 1 is 1.56 bits per heavy atom. The summed E-state index contributed by atoms with van der Waals surface area (Å²) in [6, 6.07) is 4.35. The van der Waals surface area contributed by atoms with Gasteiger partial charge in [-0.2, -0.15) is 0 Å². The topological polar surface area (TPSA) is 66.4 Å². The molecule has 0 aliphatic heterocycles. The van der Waals surface area contributed by atoms with Crippen molar-refractivity contribution >= 4 is 12.2 Å². The van der Waals surface area contributed by atoms with E-state index in [1.807, 2.05) is 0 Å². The van der Waals surface area contributed by atoms with Crippen LogP contribution in [0.2, 0.25) is 0 Å². The zero-order valence-corrected chi connectivity index (χ0v) is 8.78. The highest BCUT2D eigenvalue weighted by Gasteiger charge is 1.99. The van der Waals surface area contributed by atoms with Gasteiger partial charge >= 0.3 is 0 Å². The Bertz CT molecular complexity index is 469. The first-order valence-corrected chi connectivity index (χ1v) is 4.65. The lowest BCUT2D eigenvalue weighted by atomic mass is 10.1. The molecule has 0 aliphatic rings. The van der Waals surface area contributed by atoms with E-state index in [4.69, 9.17) is 5.11 Å². The van der Waals surface area contributed by atoms with Crippen LogP contribution >= 0.6 is 0 Å². The van der Waals surface area contributed by atoms with Gasteiger partial charge in [-0.25, -0.2) is 0 Å². The smallest absolute Gasteiger partial charge is 0.217 e. The van der Waals surface area contributed by atoms with Crippen molar-refractivity contribution in [2.75, 3.05) is 6.54 Å². The molecule has 0 spiro atoms. The summed E-state index contributed by atoms with van der Waals surface area (Å²) in [6.07, 6.45) is 0.627. The van der Waals surface area contributed by atoms with E-state index >= 15 is 0 Å². The highest BCUT2D eigenvalue weighted by atomic mass is 16.3. The van der Waals surface area contributed by atoms with Gasteiger partial charge in [0.2, 0.25) is 5.91 Å². The second-order valence-corrected chi connectivity index (χ2v) is 3.10. The Morgan fingerprint density at radius 2 is 2.31 bits per heavy atom. The number of amides is 1. The van der Waals surface area contributed by atoms with E-state index in [9.17, 15) is 9.59 Å². The molecule has 4 heteroatoms. The van der Waals surface area contributed by atoms with Gasteiger partial charge in [-0.3, -0.25) is 9.59 Å². The first-order valence-electron chi connectivity index (χ1n) is 4.65. The lowest BCUT2D eigenvalue weighted by molar-refractivity contribution is -0.118. The van der Waals surface area contributed by atoms with Crippen molar-refractivity contribution in [1.29, 1.82) is 0 Å². The van der Waals surface area contributed by atoms with Gasteiger partial charge in [-0.1, -0.05) is 11.8 Å². The second kappa shape index (κ2) is 5.56. The first kappa shape index (κ1) is 11.8. The van der Waals surface area contributed by atoms with Crippen LogP contribution in [0, 0.1) is 11.8 Å². The Labute approximate surface area is 93.3 Å². The molecule has 1 amide bonds. The van der Waals surface area contributed by atoms with Crippen molar-refractivity contribution in [3.8, 4) is 17.6 Å². The van der Waals surface area contributed by atoms with Crippen LogP contribution in [0.4, 0.5) is 0 Å². The van der Waals surface area contributed by atoms with Gasteiger partial charge in [0.25, 0.3) is 0 Å². The van der Waals surface area contributed by atoms with Crippen molar-refractivity contribution in [2.24, 2.45) is 0 Å². The SMILES string of the molecule is CC(=O)NCC#Cc1ccc(O)cc1C=O. The Morgan fingerprint density at radius 3 is 2.94 bits per heavy atom. The molecule has 0 unspecified atom stereocenters. The highest BCUT2D eigenvalue weighted by molar-refractivity contribution is 5.80. The molecule has 1 aromatic rings. The summed E-state index contributed by atoms with van der Waals surface area (Å²) in [5.41, 5.74) is 0.855. The number of nitrogens with one attached hydrogen (secondary N) is 1. The van der Waals surface area contributed by atoms with Crippen molar-refractivity contribution in [1.82, 2.24) is 5.32 Å². The fourth-order valence-corrected chi connectivity index (χ4v) is 1.07. The molecule has 1 rings (SSSR count). The molecule has 0 heterocycles. The maximum absolute atomic E-state index is 10.7. The van der Waals surface area contributed by atoms with Crippen LogP contribution in [-0.2, 0) is 4.79 Å². The molecule has 0 fully saturated rings. The van der Waals surface area contributed by atoms with E-state index in [1.54, 1.807) is 6.07 Å². The van der Waals surface area contributed by atoms with E-state index in [-0.39, 0.29) is 18.2 Å². The second-order valence-electron chi connectivity index (χ2n) is 3.10. The number of rotatable bonds is 2. The number of phenols is 1. The average Bonchev–Trinajstić information content (AvgIpc) is 2.25. The average molecular weight is 217 g/mol. The van der Waals surface area contributed by atoms with Crippen molar-refractivity contribution in [3.05, 3.63) is 29.3 Å². The molecule has 16 heavy (non-hydrogen) atoms. The Hall–Kier alpha value is -2.28. The van der Waals surface area contributed by atoms with Crippen LogP contribution in [-0.4, -0.2) is 23.8 Å². The summed E-state index contributed by atoms with van der Waals surface area (Å²) in [4.78, 5) is 21.2. The van der Waals surface area contributed by atoms with E-state index in [0.29, 0.717) is 17.4 Å². The molecule has 0 saturated carbocycles. The van der Waals surface area contributed by atoms with Crippen LogP contribution < -0.4 is 5.32 Å². The largest absolute Gasteiger partial charge is 0.508 e. The third kappa shape index (κ3) is 3.46. The lowest BCUT2D eigenvalue weighted by Crippen LogP contribution is -2.19. The normalized spacial score (nSPS) is 8.81. The number of hydrogen-bond acceptors (Lipinski definition) is 3. The van der Waals surface area contributed by atoms with Crippen molar-refractivity contribution in [2.45, 2.75) is 6.92 Å². The number of phenolic OH excluding ortho intramolecular Hbond substituents is 1. The molecule has 4 nitrogen and oxygen atoms in total. The Kier molecular flexibility index (Phi) is 4.10. The maximum Gasteiger partial charge on any atom is 0.217 e. The van der Waals surface area contributed by atoms with Crippen LogP contribution in [0.25, 0.3) is 0 Å². The molecule has 0 atom stereocenters. The molecule has 2 N–H and O–H groups in total. The van der Waals surface area contributed by atoms with E-state index in [0.717, 1.165) is 0 Å². The quantitative estimate of drug-likeness (QED) is 0.566. The first-order chi connectivity index (χ1) is 7.63. The molecular formula is C12H11NO3. The maximum atomic E-state index is 10.7. The molecule has 82 valence electrons. The zero-order valence-electron chi connectivity index (χ0n) is 8.78. The monoisotopic (exact) mass is 217 g/mol. The molecule has 1 aromatic carbocycles. The molecule has 0 radical (unpaired) electrons. The summed E-state index contributed by atoms with van der Waals surface area (Å²) in [6.45, 7) is 1.63. The number of carbonyl (C=O) groups is 2. The number of aromatic hydroxyl groups is 1. The van der Waals surface area contributed by atoms with Gasteiger partial charge in [0.05, 0.1) is 6.54 Å². The van der Waals surface area contributed by atoms with Gasteiger partial charge in [-0.15, -0.1) is 0 Å². The van der Waals surface area contributed by atoms with Crippen molar-refractivity contribution in [3.63, 3.8) is 0 Å². The van der Waals surface area contributed by atoms with Gasteiger partial charge in [0, 0.05) is 18.1 Å². The van der Waals surface area contributed by atoms with E-state index < -0.39 is 0 Å². The van der Waals surface area contributed by atoms with Crippen LogP contribution in [0.3, 0.4) is 0 Å². The minimum Gasteiger partial charge on any atom is -0.508 e. The number of benzene rings is 1. The molecule has 0 aliphatic carbocycles. The fraction of sp³-hybridized carbons (Fsp3) is 0.167. The standard InChI is InChI=1S/C12H11NO3/c1-9(15)13-6-2-3-10-4-5-12(16)7-11(10)8-14/h4-5,7-8,16H,6H2,1H3,(H,13,15). The van der Waals surface area contributed by atoms with Crippen LogP contribution in [0.5, 0.6) is 5.75 Å². The number of carbonyl (C=O) groups excluding carboxylic acids is 2. The van der Waals surface area contributed by atoms with Gasteiger partial charge in [0.1, 0.15) is 5.75 Å². The predicted molar refractivity (Wildman–Crippen MR) is 59.1 cm³/mol. The fourth-order valence-electron chi connectivity index (χ4n) is 1.07. The summed E-state index contributed by atoms with van der Waals surface area (Å²) < 4.78 is 0. The van der Waals surface area contributed by atoms with E-state index in [2.05, 4.69) is 17.2 Å². The highest BCUT2D eigenvalue weighted by Crippen LogP contribution is 2.13. The summed E-state index contributed by atoms with van der Waals surface area (Å²) in [5, 5.41) is 11.7. The zero-order chi connectivity index (χ0) is 12.0. The third-order valence-electron chi connectivity index (χ3n) is 1.81. The number of hydrogen-bond donors (Lipinski definition) is 2. The van der Waals surface area contributed by atoms with Crippen molar-refractivity contribution < 1.29 is 14.7 Å². The number of aldehydes is 1. The minimum absolute atomic E-state index is 0.0227. The van der Waals surface area contributed by atoms with Crippen LogP contribution in [0.1, 0.15) is 22.8 Å². The van der Waals surface area contributed by atoms with Crippen LogP contribution in [0.15, 0.2) is 18.2 Å². The van der Waals surface area contributed by atoms with Gasteiger partial charge < -0.3 is 10.4 Å². The molecular weight excluding hydrogens is 206 g/mol. The summed E-state index contributed by atoms with van der Waals surface area (Å²) in [5.74, 6) is 5.31. The van der Waals surface area contributed by atoms with Gasteiger partial charge in [0.15, 0.2) is 6.29 Å². The molecule has 0 saturated heterocycles. The summed E-state index contributed by atoms with van der Waals surface area (Å²) in [7, 11) is 0. The summed E-state index contributed by atoms with van der Waals surface area (Å²) >= 11 is 0. The minimum atomic E-state index is -0.157. The van der Waals surface area contributed by atoms with E-state index in [1.165, 1.54) is 19.1 Å². The van der Waals surface area contributed by atoms with Gasteiger partial charge in [-0.05, 0) is 18.2 Å². The molecule has 0 bridgehead atoms. The molecule has 0 aromatic heterocycles. The Balaban J connectivity index is 2.80. The predicted octanol–water partition coefficient (Wildman–Crippen LogP) is 0.692. The third-order valence-corrected chi connectivity index (χ3v) is 1.81.